The van der Waals surface area contributed by atoms with E-state index in [0.29, 0.717) is 54.0 Å². The summed E-state index contributed by atoms with van der Waals surface area (Å²) in [6, 6.07) is 3.25. The molecular formula is C30H40BrN7O5S. The third kappa shape index (κ3) is 7.01. The number of carbonyl (C=O) groups excluding carboxylic acids is 2. The van der Waals surface area contributed by atoms with Crippen LogP contribution in [0.3, 0.4) is 0 Å². The molecule has 2 N–H and O–H groups in total. The van der Waals surface area contributed by atoms with Crippen LogP contribution in [0.25, 0.3) is 11.2 Å². The first-order valence-corrected chi connectivity index (χ1v) is 16.4. The van der Waals surface area contributed by atoms with Crippen molar-refractivity contribution in [1.29, 1.82) is 0 Å². The fraction of sp³-hybridized carbons (Fsp3) is 0.567. The molecule has 44 heavy (non-hydrogen) atoms. The SMILES string of the molecule is CC(C)[C@@H](C(=O)N1CCC(CCn2c(Sc3cc4c(cc3Br)OCO4)nc3c(N)ncnc32)CC1)N(C)C(=O)OC(C)(C)C. The molecule has 1 saturated heterocycles. The molecule has 2 aromatic heterocycles. The number of aromatic nitrogens is 4. The zero-order chi connectivity index (χ0) is 31.8. The van der Waals surface area contributed by atoms with Gasteiger partial charge in [0, 0.05) is 36.1 Å². The highest BCUT2D eigenvalue weighted by Crippen LogP contribution is 2.43. The van der Waals surface area contributed by atoms with Crippen LogP contribution in [0, 0.1) is 11.8 Å². The standard InChI is InChI=1S/C30H40BrN7O5S/c1-17(2)24(36(6)29(40)43-30(3,4)5)27(39)37-10-7-18(8-11-37)9-12-38-26-23(25(32)33-15-34-26)35-28(38)44-22-14-21-20(13-19(22)31)41-16-42-21/h13-15,17-18,24H,7-12,16H2,1-6H3,(H2,32,33,34)/t24-/m0/s1. The molecule has 12 nitrogen and oxygen atoms in total. The molecule has 1 atom stereocenters. The lowest BCUT2D eigenvalue weighted by molar-refractivity contribution is -0.139. The van der Waals surface area contributed by atoms with Gasteiger partial charge in [-0.25, -0.2) is 19.7 Å². The molecule has 0 aliphatic carbocycles. The van der Waals surface area contributed by atoms with Gasteiger partial charge in [-0.15, -0.1) is 0 Å². The van der Waals surface area contributed by atoms with E-state index < -0.39 is 17.7 Å². The smallest absolute Gasteiger partial charge is 0.410 e. The largest absolute Gasteiger partial charge is 0.454 e. The summed E-state index contributed by atoms with van der Waals surface area (Å²) in [7, 11) is 1.65. The second-order valence-electron chi connectivity index (χ2n) is 12.6. The van der Waals surface area contributed by atoms with Gasteiger partial charge in [0.05, 0.1) is 0 Å². The molecule has 4 heterocycles. The van der Waals surface area contributed by atoms with Crippen molar-refractivity contribution >= 4 is 56.7 Å². The van der Waals surface area contributed by atoms with Gasteiger partial charge in [0.15, 0.2) is 33.6 Å². The van der Waals surface area contributed by atoms with Gasteiger partial charge in [0.2, 0.25) is 12.7 Å². The lowest BCUT2D eigenvalue weighted by atomic mass is 9.92. The second-order valence-corrected chi connectivity index (χ2v) is 14.4. The maximum Gasteiger partial charge on any atom is 0.410 e. The number of hydrogen-bond acceptors (Lipinski definition) is 10. The highest BCUT2D eigenvalue weighted by molar-refractivity contribution is 9.10. The predicted molar refractivity (Wildman–Crippen MR) is 171 cm³/mol. The number of nitrogens with zero attached hydrogens (tertiary/aromatic N) is 6. The zero-order valence-electron chi connectivity index (χ0n) is 26.0. The maximum absolute atomic E-state index is 13.6. The monoisotopic (exact) mass is 689 g/mol. The lowest BCUT2D eigenvalue weighted by Crippen LogP contribution is -2.54. The molecule has 2 aliphatic heterocycles. The van der Waals surface area contributed by atoms with Gasteiger partial charge in [0.1, 0.15) is 18.0 Å². The molecule has 2 amide bonds. The molecule has 0 bridgehead atoms. The molecule has 0 unspecified atom stereocenters. The van der Waals surface area contributed by atoms with Crippen molar-refractivity contribution in [2.75, 3.05) is 32.7 Å². The first kappa shape index (κ1) is 32.1. The van der Waals surface area contributed by atoms with Crippen molar-refractivity contribution in [3.05, 3.63) is 22.9 Å². The Bertz CT molecular complexity index is 1530. The number of carbonyl (C=O) groups is 2. The van der Waals surface area contributed by atoms with Crippen LogP contribution in [0.4, 0.5) is 10.6 Å². The van der Waals surface area contributed by atoms with Crippen molar-refractivity contribution in [2.45, 2.75) is 82.1 Å². The summed E-state index contributed by atoms with van der Waals surface area (Å²) in [6.45, 7) is 11.5. The van der Waals surface area contributed by atoms with E-state index in [1.807, 2.05) is 51.7 Å². The second kappa shape index (κ2) is 13.0. The molecule has 14 heteroatoms. The minimum absolute atomic E-state index is 0.0347. The van der Waals surface area contributed by atoms with Crippen LogP contribution in [0.1, 0.15) is 53.9 Å². The van der Waals surface area contributed by atoms with E-state index in [-0.39, 0.29) is 18.6 Å². The van der Waals surface area contributed by atoms with E-state index in [4.69, 9.17) is 24.9 Å². The summed E-state index contributed by atoms with van der Waals surface area (Å²) in [6.07, 6.45) is 3.60. The number of likely N-dealkylation sites (N-methyl/N-ethyl adjacent to an activating group) is 1. The van der Waals surface area contributed by atoms with E-state index in [2.05, 4.69) is 30.5 Å². The van der Waals surface area contributed by atoms with E-state index in [1.165, 1.54) is 23.0 Å². The maximum atomic E-state index is 13.6. The van der Waals surface area contributed by atoms with Crippen molar-refractivity contribution in [1.82, 2.24) is 29.3 Å². The molecule has 0 spiro atoms. The molecule has 3 aromatic rings. The summed E-state index contributed by atoms with van der Waals surface area (Å²) in [5.41, 5.74) is 6.81. The number of halogens is 1. The number of imidazole rings is 1. The minimum atomic E-state index is -0.633. The average Bonchev–Trinajstić information content (AvgIpc) is 3.55. The number of aryl methyl sites for hydroxylation is 1. The summed E-state index contributed by atoms with van der Waals surface area (Å²) >= 11 is 5.15. The Kier molecular flexibility index (Phi) is 9.49. The van der Waals surface area contributed by atoms with E-state index in [9.17, 15) is 9.59 Å². The van der Waals surface area contributed by atoms with E-state index in [0.717, 1.165) is 33.8 Å². The Balaban J connectivity index is 1.26. The van der Waals surface area contributed by atoms with Gasteiger partial charge in [-0.1, -0.05) is 25.6 Å². The van der Waals surface area contributed by atoms with Crippen molar-refractivity contribution in [2.24, 2.45) is 11.8 Å². The van der Waals surface area contributed by atoms with Crippen molar-refractivity contribution in [3.8, 4) is 11.5 Å². The number of amides is 2. The number of ether oxygens (including phenoxy) is 3. The number of rotatable bonds is 8. The number of piperidine rings is 1. The first-order valence-electron chi connectivity index (χ1n) is 14.8. The van der Waals surface area contributed by atoms with Crippen molar-refractivity contribution < 1.29 is 23.8 Å². The third-order valence-electron chi connectivity index (χ3n) is 7.82. The topological polar surface area (TPSA) is 138 Å². The Morgan fingerprint density at radius 3 is 2.52 bits per heavy atom. The number of benzene rings is 1. The summed E-state index contributed by atoms with van der Waals surface area (Å²) < 4.78 is 19.6. The molecular weight excluding hydrogens is 650 g/mol. The number of fused-ring (bicyclic) bond motifs is 2. The normalized spacial score (nSPS) is 16.0. The summed E-state index contributed by atoms with van der Waals surface area (Å²) in [5.74, 6) is 2.05. The van der Waals surface area contributed by atoms with Gasteiger partial charge in [-0.3, -0.25) is 9.69 Å². The van der Waals surface area contributed by atoms with Crippen LogP contribution in [0.15, 0.2) is 33.0 Å². The number of likely N-dealkylation sites (tertiary alicyclic amines) is 1. The Morgan fingerprint density at radius 2 is 1.86 bits per heavy atom. The Labute approximate surface area is 270 Å². The lowest BCUT2D eigenvalue weighted by Gasteiger charge is -2.38. The van der Waals surface area contributed by atoms with Gasteiger partial charge in [-0.2, -0.15) is 0 Å². The average molecular weight is 691 g/mol. The number of anilines is 1. The number of nitrogen functional groups attached to an aromatic ring is 1. The van der Waals surface area contributed by atoms with Crippen LogP contribution in [-0.4, -0.2) is 79.9 Å². The summed E-state index contributed by atoms with van der Waals surface area (Å²) in [4.78, 5) is 44.1. The van der Waals surface area contributed by atoms with E-state index >= 15 is 0 Å². The molecule has 1 fully saturated rings. The van der Waals surface area contributed by atoms with Gasteiger partial charge >= 0.3 is 6.09 Å². The Morgan fingerprint density at radius 1 is 1.18 bits per heavy atom. The third-order valence-corrected chi connectivity index (χ3v) is 9.79. The predicted octanol–water partition coefficient (Wildman–Crippen LogP) is 5.57. The number of nitrogens with two attached hydrogens (primary N) is 1. The van der Waals surface area contributed by atoms with Gasteiger partial charge in [0.25, 0.3) is 0 Å². The highest BCUT2D eigenvalue weighted by atomic mass is 79.9. The van der Waals surface area contributed by atoms with Gasteiger partial charge in [-0.05, 0) is 79.9 Å². The minimum Gasteiger partial charge on any atom is -0.454 e. The van der Waals surface area contributed by atoms with Crippen molar-refractivity contribution in [3.63, 3.8) is 0 Å². The fourth-order valence-corrected chi connectivity index (χ4v) is 7.08. The zero-order valence-corrected chi connectivity index (χ0v) is 28.4. The highest BCUT2D eigenvalue weighted by Gasteiger charge is 2.36. The number of hydrogen-bond donors (Lipinski definition) is 1. The summed E-state index contributed by atoms with van der Waals surface area (Å²) in [5, 5.41) is 0.754. The molecule has 238 valence electrons. The van der Waals surface area contributed by atoms with Crippen LogP contribution < -0.4 is 15.2 Å². The fourth-order valence-electron chi connectivity index (χ4n) is 5.57. The van der Waals surface area contributed by atoms with Gasteiger partial charge < -0.3 is 29.4 Å². The Hall–Kier alpha value is -3.26. The van der Waals surface area contributed by atoms with Crippen LogP contribution >= 0.6 is 27.7 Å². The molecule has 5 rings (SSSR count). The molecule has 2 aliphatic rings. The molecule has 0 saturated carbocycles. The molecule has 1 aromatic carbocycles. The van der Waals surface area contributed by atoms with Crippen LogP contribution in [0.5, 0.6) is 11.5 Å². The quantitative estimate of drug-likeness (QED) is 0.319. The first-order chi connectivity index (χ1) is 20.8. The van der Waals surface area contributed by atoms with Crippen LogP contribution in [-0.2, 0) is 16.1 Å². The van der Waals surface area contributed by atoms with Crippen LogP contribution in [0.2, 0.25) is 0 Å². The van der Waals surface area contributed by atoms with E-state index in [1.54, 1.807) is 7.05 Å². The molecule has 0 radical (unpaired) electrons.